The SMILES string of the molecule is Cc1cc(N)ccc1Oc1ccnc(C(=O)OC(N)=O)c1. The standard InChI is InChI=1S/C14H13N3O4/c1-8-6-9(15)2-3-12(8)20-10-4-5-17-11(7-10)13(18)21-14(16)19/h2-7H,15H2,1H3,(H2,16,19). The number of nitrogen functional groups attached to an aromatic ring is 1. The van der Waals surface area contributed by atoms with Crippen LogP contribution in [0.25, 0.3) is 0 Å². The van der Waals surface area contributed by atoms with Crippen LogP contribution in [-0.4, -0.2) is 17.0 Å². The molecule has 1 aromatic carbocycles. The highest BCUT2D eigenvalue weighted by Crippen LogP contribution is 2.26. The van der Waals surface area contributed by atoms with Crippen molar-refractivity contribution in [1.29, 1.82) is 0 Å². The molecule has 0 atom stereocenters. The normalized spacial score (nSPS) is 9.95. The number of carbonyl (C=O) groups is 2. The summed E-state index contributed by atoms with van der Waals surface area (Å²) in [7, 11) is 0. The van der Waals surface area contributed by atoms with Crippen LogP contribution in [-0.2, 0) is 4.74 Å². The highest BCUT2D eigenvalue weighted by Gasteiger charge is 2.13. The van der Waals surface area contributed by atoms with Gasteiger partial charge in [-0.3, -0.25) is 0 Å². The molecule has 1 aromatic heterocycles. The van der Waals surface area contributed by atoms with Crippen LogP contribution in [0.5, 0.6) is 11.5 Å². The highest BCUT2D eigenvalue weighted by atomic mass is 16.6. The molecule has 0 radical (unpaired) electrons. The lowest BCUT2D eigenvalue weighted by atomic mass is 10.2. The van der Waals surface area contributed by atoms with E-state index in [0.29, 0.717) is 17.2 Å². The second-order valence-corrected chi connectivity index (χ2v) is 4.21. The summed E-state index contributed by atoms with van der Waals surface area (Å²) in [5, 5.41) is 0. The van der Waals surface area contributed by atoms with Crippen molar-refractivity contribution in [2.45, 2.75) is 6.92 Å². The van der Waals surface area contributed by atoms with Crippen molar-refractivity contribution >= 4 is 17.7 Å². The number of benzene rings is 1. The molecule has 0 bridgehead atoms. The van der Waals surface area contributed by atoms with Crippen molar-refractivity contribution in [2.75, 3.05) is 5.73 Å². The summed E-state index contributed by atoms with van der Waals surface area (Å²) in [5.74, 6) is 0.0147. The third-order valence-electron chi connectivity index (χ3n) is 2.56. The fourth-order valence-electron chi connectivity index (χ4n) is 1.64. The first-order valence-electron chi connectivity index (χ1n) is 5.97. The molecule has 4 N–H and O–H groups in total. The van der Waals surface area contributed by atoms with Gasteiger partial charge < -0.3 is 20.9 Å². The first-order chi connectivity index (χ1) is 9.95. The lowest BCUT2D eigenvalue weighted by Crippen LogP contribution is -2.19. The molecule has 2 rings (SSSR count). The van der Waals surface area contributed by atoms with Crippen molar-refractivity contribution < 1.29 is 19.1 Å². The average Bonchev–Trinajstić information content (AvgIpc) is 2.41. The van der Waals surface area contributed by atoms with E-state index in [2.05, 4.69) is 9.72 Å². The summed E-state index contributed by atoms with van der Waals surface area (Å²) in [5.41, 5.74) is 11.8. The van der Waals surface area contributed by atoms with Crippen LogP contribution in [0.15, 0.2) is 36.5 Å². The maximum Gasteiger partial charge on any atom is 0.412 e. The predicted molar refractivity (Wildman–Crippen MR) is 74.9 cm³/mol. The van der Waals surface area contributed by atoms with Gasteiger partial charge in [-0.1, -0.05) is 0 Å². The van der Waals surface area contributed by atoms with Gasteiger partial charge >= 0.3 is 12.1 Å². The number of hydrogen-bond donors (Lipinski definition) is 2. The van der Waals surface area contributed by atoms with E-state index in [1.165, 1.54) is 12.3 Å². The Labute approximate surface area is 120 Å². The highest BCUT2D eigenvalue weighted by molar-refractivity contribution is 5.94. The van der Waals surface area contributed by atoms with Crippen molar-refractivity contribution in [1.82, 2.24) is 4.98 Å². The number of anilines is 1. The maximum absolute atomic E-state index is 11.5. The molecule has 7 nitrogen and oxygen atoms in total. The van der Waals surface area contributed by atoms with Gasteiger partial charge in [0.1, 0.15) is 11.5 Å². The summed E-state index contributed by atoms with van der Waals surface area (Å²) in [6, 6.07) is 8.09. The number of pyridine rings is 1. The van der Waals surface area contributed by atoms with E-state index in [9.17, 15) is 9.59 Å². The number of aryl methyl sites for hydroxylation is 1. The van der Waals surface area contributed by atoms with Crippen molar-refractivity contribution in [3.8, 4) is 11.5 Å². The minimum Gasteiger partial charge on any atom is -0.457 e. The van der Waals surface area contributed by atoms with E-state index in [1.807, 2.05) is 6.92 Å². The van der Waals surface area contributed by atoms with Crippen LogP contribution in [0.3, 0.4) is 0 Å². The summed E-state index contributed by atoms with van der Waals surface area (Å²) in [4.78, 5) is 25.8. The molecule has 0 unspecified atom stereocenters. The number of nitrogens with zero attached hydrogens (tertiary/aromatic N) is 1. The molecule has 0 spiro atoms. The number of aromatic nitrogens is 1. The molecule has 0 saturated heterocycles. The molecule has 108 valence electrons. The fourth-order valence-corrected chi connectivity index (χ4v) is 1.64. The number of carbonyl (C=O) groups excluding carboxylic acids is 2. The van der Waals surface area contributed by atoms with Crippen LogP contribution >= 0.6 is 0 Å². The smallest absolute Gasteiger partial charge is 0.412 e. The zero-order chi connectivity index (χ0) is 15.4. The molecular weight excluding hydrogens is 274 g/mol. The first-order valence-corrected chi connectivity index (χ1v) is 5.97. The zero-order valence-electron chi connectivity index (χ0n) is 11.2. The molecule has 7 heteroatoms. The van der Waals surface area contributed by atoms with Gasteiger partial charge in [-0.2, -0.15) is 0 Å². The minimum atomic E-state index is -1.19. The third kappa shape index (κ3) is 3.69. The quantitative estimate of drug-likeness (QED) is 0.506. The van der Waals surface area contributed by atoms with Crippen molar-refractivity contribution in [3.05, 3.63) is 47.8 Å². The topological polar surface area (TPSA) is 118 Å². The first kappa shape index (κ1) is 14.3. The fraction of sp³-hybridized carbons (Fsp3) is 0.0714. The Morgan fingerprint density at radius 1 is 1.19 bits per heavy atom. The van der Waals surface area contributed by atoms with Gasteiger partial charge in [0, 0.05) is 18.0 Å². The number of rotatable bonds is 3. The molecule has 0 aliphatic carbocycles. The lowest BCUT2D eigenvalue weighted by molar-refractivity contribution is 0.0631. The summed E-state index contributed by atoms with van der Waals surface area (Å²) in [6.07, 6.45) is 0.169. The largest absolute Gasteiger partial charge is 0.457 e. The average molecular weight is 287 g/mol. The van der Waals surface area contributed by atoms with Crippen molar-refractivity contribution in [2.24, 2.45) is 5.73 Å². The summed E-state index contributed by atoms with van der Waals surface area (Å²) in [6.45, 7) is 1.84. The van der Waals surface area contributed by atoms with Gasteiger partial charge in [0.25, 0.3) is 0 Å². The number of ether oxygens (including phenoxy) is 2. The zero-order valence-corrected chi connectivity index (χ0v) is 11.2. The van der Waals surface area contributed by atoms with E-state index < -0.39 is 12.1 Å². The van der Waals surface area contributed by atoms with E-state index in [0.717, 1.165) is 5.56 Å². The third-order valence-corrected chi connectivity index (χ3v) is 2.56. The van der Waals surface area contributed by atoms with Crippen LogP contribution in [0.1, 0.15) is 16.1 Å². The molecule has 1 amide bonds. The van der Waals surface area contributed by atoms with Gasteiger partial charge in [-0.25, -0.2) is 14.6 Å². The Kier molecular flexibility index (Phi) is 4.03. The predicted octanol–water partition coefficient (Wildman–Crippen LogP) is 2.00. The lowest BCUT2D eigenvalue weighted by Gasteiger charge is -2.09. The Balaban J connectivity index is 2.21. The van der Waals surface area contributed by atoms with E-state index >= 15 is 0 Å². The molecular formula is C14H13N3O4. The van der Waals surface area contributed by atoms with Gasteiger partial charge in [0.2, 0.25) is 0 Å². The number of esters is 1. The maximum atomic E-state index is 11.5. The number of amides is 1. The number of primary amides is 1. The molecule has 21 heavy (non-hydrogen) atoms. The van der Waals surface area contributed by atoms with Gasteiger partial charge in [-0.05, 0) is 36.8 Å². The Morgan fingerprint density at radius 2 is 1.95 bits per heavy atom. The van der Waals surface area contributed by atoms with Crippen LogP contribution in [0.4, 0.5) is 10.5 Å². The molecule has 0 fully saturated rings. The Morgan fingerprint density at radius 3 is 2.62 bits per heavy atom. The Bertz CT molecular complexity index is 700. The van der Waals surface area contributed by atoms with Gasteiger partial charge in [-0.15, -0.1) is 0 Å². The van der Waals surface area contributed by atoms with Gasteiger partial charge in [0.05, 0.1) is 0 Å². The van der Waals surface area contributed by atoms with E-state index in [-0.39, 0.29) is 5.69 Å². The summed E-state index contributed by atoms with van der Waals surface area (Å²) >= 11 is 0. The van der Waals surface area contributed by atoms with Crippen LogP contribution in [0.2, 0.25) is 0 Å². The Hall–Kier alpha value is -3.09. The molecule has 0 saturated carbocycles. The van der Waals surface area contributed by atoms with Crippen molar-refractivity contribution in [3.63, 3.8) is 0 Å². The molecule has 2 aromatic rings. The number of nitrogens with two attached hydrogens (primary N) is 2. The summed E-state index contributed by atoms with van der Waals surface area (Å²) < 4.78 is 9.89. The molecule has 0 aliphatic heterocycles. The molecule has 1 heterocycles. The second kappa shape index (κ2) is 5.91. The number of hydrogen-bond acceptors (Lipinski definition) is 6. The van der Waals surface area contributed by atoms with Crippen LogP contribution in [0, 0.1) is 6.92 Å². The molecule has 0 aliphatic rings. The minimum absolute atomic E-state index is 0.0839. The second-order valence-electron chi connectivity index (χ2n) is 4.21. The van der Waals surface area contributed by atoms with E-state index in [4.69, 9.17) is 16.2 Å². The van der Waals surface area contributed by atoms with Gasteiger partial charge in [0.15, 0.2) is 5.69 Å². The van der Waals surface area contributed by atoms with Crippen LogP contribution < -0.4 is 16.2 Å². The monoisotopic (exact) mass is 287 g/mol. The van der Waals surface area contributed by atoms with E-state index in [1.54, 1.807) is 24.3 Å².